The smallest absolute Gasteiger partial charge is 0.0242 e. The SMILES string of the molecule is C/C(=C/c1ccc(I)cc1)CBr. The second-order valence-corrected chi connectivity index (χ2v) is 4.48. The maximum absolute atomic E-state index is 3.42. The average Bonchev–Trinajstić information content (AvgIpc) is 2.09. The number of hydrogen-bond acceptors (Lipinski definition) is 0. The van der Waals surface area contributed by atoms with Gasteiger partial charge in [0.2, 0.25) is 0 Å². The first kappa shape index (κ1) is 10.3. The number of benzene rings is 1. The Labute approximate surface area is 95.3 Å². The highest BCUT2D eigenvalue weighted by atomic mass is 127. The maximum Gasteiger partial charge on any atom is 0.0242 e. The van der Waals surface area contributed by atoms with Crippen molar-refractivity contribution in [2.75, 3.05) is 5.33 Å². The molecule has 0 heterocycles. The van der Waals surface area contributed by atoms with E-state index in [0.717, 1.165) is 5.33 Å². The summed E-state index contributed by atoms with van der Waals surface area (Å²) >= 11 is 5.73. The summed E-state index contributed by atoms with van der Waals surface area (Å²) in [5, 5.41) is 0.943. The maximum atomic E-state index is 3.42. The molecule has 0 nitrogen and oxygen atoms in total. The van der Waals surface area contributed by atoms with Crippen LogP contribution in [0.25, 0.3) is 6.08 Å². The summed E-state index contributed by atoms with van der Waals surface area (Å²) in [6.07, 6.45) is 2.19. The van der Waals surface area contributed by atoms with Gasteiger partial charge in [0.15, 0.2) is 0 Å². The Kier molecular flexibility index (Phi) is 4.29. The second kappa shape index (κ2) is 5.02. The van der Waals surface area contributed by atoms with Gasteiger partial charge in [-0.2, -0.15) is 0 Å². The first-order valence-corrected chi connectivity index (χ1v) is 5.91. The van der Waals surface area contributed by atoms with Gasteiger partial charge in [-0.3, -0.25) is 0 Å². The molecular weight excluding hydrogens is 327 g/mol. The monoisotopic (exact) mass is 336 g/mol. The lowest BCUT2D eigenvalue weighted by molar-refractivity contribution is 1.45. The van der Waals surface area contributed by atoms with E-state index in [1.54, 1.807) is 0 Å². The minimum atomic E-state index is 0.943. The molecule has 0 fully saturated rings. The molecule has 64 valence electrons. The molecule has 0 saturated carbocycles. The predicted molar refractivity (Wildman–Crippen MR) is 66.6 cm³/mol. The molecule has 1 rings (SSSR count). The molecule has 0 aromatic heterocycles. The van der Waals surface area contributed by atoms with Crippen molar-refractivity contribution < 1.29 is 0 Å². The van der Waals surface area contributed by atoms with Gasteiger partial charge in [-0.15, -0.1) is 0 Å². The van der Waals surface area contributed by atoms with E-state index < -0.39 is 0 Å². The van der Waals surface area contributed by atoms with Crippen LogP contribution in [0.2, 0.25) is 0 Å². The molecule has 1 aromatic carbocycles. The van der Waals surface area contributed by atoms with Crippen LogP contribution in [0.15, 0.2) is 29.8 Å². The van der Waals surface area contributed by atoms with Gasteiger partial charge in [-0.1, -0.05) is 39.7 Å². The summed E-state index contributed by atoms with van der Waals surface area (Å²) < 4.78 is 1.28. The van der Waals surface area contributed by atoms with Crippen molar-refractivity contribution in [2.24, 2.45) is 0 Å². The number of rotatable bonds is 2. The summed E-state index contributed by atoms with van der Waals surface area (Å²) in [7, 11) is 0. The molecule has 0 aliphatic heterocycles. The third-order valence-electron chi connectivity index (χ3n) is 1.49. The molecule has 12 heavy (non-hydrogen) atoms. The second-order valence-electron chi connectivity index (χ2n) is 2.68. The van der Waals surface area contributed by atoms with Gasteiger partial charge in [0.1, 0.15) is 0 Å². The Morgan fingerprint density at radius 1 is 1.42 bits per heavy atom. The average molecular weight is 337 g/mol. The molecule has 0 saturated heterocycles. The highest BCUT2D eigenvalue weighted by molar-refractivity contribution is 14.1. The molecule has 0 aliphatic carbocycles. The Hall–Kier alpha value is 0.170. The third-order valence-corrected chi connectivity index (χ3v) is 3.10. The lowest BCUT2D eigenvalue weighted by atomic mass is 10.2. The van der Waals surface area contributed by atoms with E-state index in [0.29, 0.717) is 0 Å². The van der Waals surface area contributed by atoms with Gasteiger partial charge < -0.3 is 0 Å². The zero-order chi connectivity index (χ0) is 8.97. The van der Waals surface area contributed by atoms with E-state index >= 15 is 0 Å². The Bertz CT molecular complexity index is 274. The molecule has 0 spiro atoms. The molecule has 0 unspecified atom stereocenters. The number of hydrogen-bond donors (Lipinski definition) is 0. The fraction of sp³-hybridized carbons (Fsp3) is 0.200. The van der Waals surface area contributed by atoms with Gasteiger partial charge in [0, 0.05) is 8.90 Å². The van der Waals surface area contributed by atoms with Crippen molar-refractivity contribution in [3.05, 3.63) is 39.0 Å². The van der Waals surface area contributed by atoms with Crippen molar-refractivity contribution >= 4 is 44.6 Å². The molecule has 0 N–H and O–H groups in total. The standard InChI is InChI=1S/C10H10BrI/c1-8(7-11)6-9-2-4-10(12)5-3-9/h2-6H,7H2,1H3/b8-6-. The summed E-state index contributed by atoms with van der Waals surface area (Å²) in [5.41, 5.74) is 2.61. The highest BCUT2D eigenvalue weighted by Gasteiger charge is 1.89. The van der Waals surface area contributed by atoms with E-state index in [2.05, 4.69) is 75.8 Å². The molecule has 0 radical (unpaired) electrons. The predicted octanol–water partition coefficient (Wildman–Crippen LogP) is 4.09. The molecule has 0 atom stereocenters. The molecular formula is C10H10BrI. The molecule has 0 aliphatic rings. The highest BCUT2D eigenvalue weighted by Crippen LogP contribution is 2.11. The first-order valence-electron chi connectivity index (χ1n) is 3.71. The van der Waals surface area contributed by atoms with E-state index in [4.69, 9.17) is 0 Å². The van der Waals surface area contributed by atoms with Gasteiger partial charge in [-0.25, -0.2) is 0 Å². The van der Waals surface area contributed by atoms with Gasteiger partial charge in [0.25, 0.3) is 0 Å². The topological polar surface area (TPSA) is 0 Å². The number of allylic oxidation sites excluding steroid dienone is 1. The van der Waals surface area contributed by atoms with Gasteiger partial charge in [0.05, 0.1) is 0 Å². The number of halogens is 2. The minimum absolute atomic E-state index is 0.943. The van der Waals surface area contributed by atoms with Crippen LogP contribution in [0.1, 0.15) is 12.5 Å². The van der Waals surface area contributed by atoms with E-state index in [1.807, 2.05) is 0 Å². The largest absolute Gasteiger partial charge is 0.0880 e. The van der Waals surface area contributed by atoms with Crippen LogP contribution in [0.5, 0.6) is 0 Å². The molecule has 0 bridgehead atoms. The van der Waals surface area contributed by atoms with Crippen molar-refractivity contribution in [1.82, 2.24) is 0 Å². The molecule has 1 aromatic rings. The van der Waals surface area contributed by atoms with Crippen molar-refractivity contribution in [3.63, 3.8) is 0 Å². The Balaban J connectivity index is 2.84. The van der Waals surface area contributed by atoms with Crippen LogP contribution >= 0.6 is 38.5 Å². The molecule has 2 heteroatoms. The zero-order valence-corrected chi connectivity index (χ0v) is 10.6. The van der Waals surface area contributed by atoms with E-state index in [-0.39, 0.29) is 0 Å². The zero-order valence-electron chi connectivity index (χ0n) is 6.85. The summed E-state index contributed by atoms with van der Waals surface area (Å²) in [5.74, 6) is 0. The molecule has 0 amide bonds. The Morgan fingerprint density at radius 2 is 2.00 bits per heavy atom. The summed E-state index contributed by atoms with van der Waals surface area (Å²) in [6, 6.07) is 8.50. The van der Waals surface area contributed by atoms with Crippen LogP contribution in [-0.2, 0) is 0 Å². The summed E-state index contributed by atoms with van der Waals surface area (Å²) in [6.45, 7) is 2.12. The fourth-order valence-electron chi connectivity index (χ4n) is 0.882. The van der Waals surface area contributed by atoms with Crippen LogP contribution < -0.4 is 0 Å². The normalized spacial score (nSPS) is 11.8. The quantitative estimate of drug-likeness (QED) is 0.563. The van der Waals surface area contributed by atoms with Crippen LogP contribution in [0, 0.1) is 3.57 Å². The van der Waals surface area contributed by atoms with Gasteiger partial charge >= 0.3 is 0 Å². The summed E-state index contributed by atoms with van der Waals surface area (Å²) in [4.78, 5) is 0. The van der Waals surface area contributed by atoms with E-state index in [9.17, 15) is 0 Å². The fourth-order valence-corrected chi connectivity index (χ4v) is 1.40. The van der Waals surface area contributed by atoms with Crippen LogP contribution in [-0.4, -0.2) is 5.33 Å². The lowest BCUT2D eigenvalue weighted by Crippen LogP contribution is -1.78. The van der Waals surface area contributed by atoms with Crippen molar-refractivity contribution in [1.29, 1.82) is 0 Å². The minimum Gasteiger partial charge on any atom is -0.0880 e. The first-order chi connectivity index (χ1) is 5.72. The van der Waals surface area contributed by atoms with E-state index in [1.165, 1.54) is 14.7 Å². The lowest BCUT2D eigenvalue weighted by Gasteiger charge is -1.96. The van der Waals surface area contributed by atoms with Crippen molar-refractivity contribution in [3.8, 4) is 0 Å². The van der Waals surface area contributed by atoms with Crippen LogP contribution in [0.4, 0.5) is 0 Å². The van der Waals surface area contributed by atoms with Gasteiger partial charge in [-0.05, 0) is 47.2 Å². The van der Waals surface area contributed by atoms with Crippen LogP contribution in [0.3, 0.4) is 0 Å². The van der Waals surface area contributed by atoms with Crippen molar-refractivity contribution in [2.45, 2.75) is 6.92 Å². The number of alkyl halides is 1. The third kappa shape index (κ3) is 3.27. The Morgan fingerprint density at radius 3 is 2.50 bits per heavy atom.